The van der Waals surface area contributed by atoms with Crippen LogP contribution >= 0.6 is 0 Å². The Morgan fingerprint density at radius 2 is 2.17 bits per heavy atom. The molecular weight excluding hydrogens is 258 g/mol. The Bertz CT molecular complexity index is 631. The molecule has 1 unspecified atom stereocenters. The summed E-state index contributed by atoms with van der Waals surface area (Å²) in [6.45, 7) is 0.498. The minimum Gasteiger partial charge on any atom is -0.369 e. The summed E-state index contributed by atoms with van der Waals surface area (Å²) in [5.41, 5.74) is -0.505. The van der Waals surface area contributed by atoms with E-state index in [4.69, 9.17) is 4.74 Å². The topological polar surface area (TPSA) is 86.5 Å². The fourth-order valence-corrected chi connectivity index (χ4v) is 4.75. The Balaban J connectivity index is 2.24. The number of nitrogens with zero attached hydrogens (tertiary/aromatic N) is 1. The van der Waals surface area contributed by atoms with Crippen LogP contribution in [-0.4, -0.2) is 25.7 Å². The Hall–Kier alpha value is -1.47. The fraction of sp³-hybridized carbons (Fsp3) is 0.455. The third-order valence-electron chi connectivity index (χ3n) is 3.53. The number of sulfone groups is 1. The average molecular weight is 269 g/mol. The van der Waals surface area contributed by atoms with Gasteiger partial charge in [0.25, 0.3) is 5.69 Å². The second-order valence-corrected chi connectivity index (χ2v) is 6.60. The van der Waals surface area contributed by atoms with Gasteiger partial charge in [-0.15, -0.1) is 0 Å². The van der Waals surface area contributed by atoms with Crippen LogP contribution in [0.25, 0.3) is 0 Å². The van der Waals surface area contributed by atoms with Gasteiger partial charge in [0.15, 0.2) is 9.84 Å². The number of fused-ring (bicyclic) bond motifs is 2. The SMILES string of the molecule is O=[N+]([O-])c1ccc2c(c1)C1(CCCO1)CS2(=O)=O. The summed E-state index contributed by atoms with van der Waals surface area (Å²) >= 11 is 0. The van der Waals surface area contributed by atoms with Crippen LogP contribution in [0.5, 0.6) is 0 Å². The van der Waals surface area contributed by atoms with Gasteiger partial charge in [-0.3, -0.25) is 10.1 Å². The molecule has 0 amide bonds. The van der Waals surface area contributed by atoms with E-state index in [0.29, 0.717) is 18.6 Å². The molecule has 1 spiro atoms. The van der Waals surface area contributed by atoms with Crippen LogP contribution in [0.1, 0.15) is 18.4 Å². The quantitative estimate of drug-likeness (QED) is 0.568. The molecule has 1 atom stereocenters. The minimum absolute atomic E-state index is 0.0966. The molecule has 0 saturated carbocycles. The molecule has 1 fully saturated rings. The van der Waals surface area contributed by atoms with Gasteiger partial charge in [-0.1, -0.05) is 0 Å². The van der Waals surface area contributed by atoms with E-state index in [9.17, 15) is 18.5 Å². The van der Waals surface area contributed by atoms with Gasteiger partial charge in [-0.2, -0.15) is 0 Å². The predicted octanol–water partition coefficient (Wildman–Crippen LogP) is 1.39. The molecule has 0 radical (unpaired) electrons. The van der Waals surface area contributed by atoms with Gasteiger partial charge >= 0.3 is 0 Å². The summed E-state index contributed by atoms with van der Waals surface area (Å²) < 4.78 is 29.7. The highest BCUT2D eigenvalue weighted by molar-refractivity contribution is 7.91. The Kier molecular flexibility index (Phi) is 2.27. The number of hydrogen-bond donors (Lipinski definition) is 0. The third-order valence-corrected chi connectivity index (χ3v) is 5.40. The molecule has 0 aromatic heterocycles. The van der Waals surface area contributed by atoms with Gasteiger partial charge in [-0.25, -0.2) is 8.42 Å². The van der Waals surface area contributed by atoms with Gasteiger partial charge in [0.05, 0.1) is 15.6 Å². The molecule has 1 aromatic carbocycles. The van der Waals surface area contributed by atoms with Crippen molar-refractivity contribution in [1.29, 1.82) is 0 Å². The summed E-state index contributed by atoms with van der Waals surface area (Å²) in [7, 11) is -3.39. The summed E-state index contributed by atoms with van der Waals surface area (Å²) in [6, 6.07) is 3.88. The molecule has 1 saturated heterocycles. The molecule has 96 valence electrons. The number of benzene rings is 1. The first-order chi connectivity index (χ1) is 8.45. The van der Waals surface area contributed by atoms with Crippen molar-refractivity contribution in [3.8, 4) is 0 Å². The van der Waals surface area contributed by atoms with E-state index in [2.05, 4.69) is 0 Å². The highest BCUT2D eigenvalue weighted by atomic mass is 32.2. The highest BCUT2D eigenvalue weighted by Gasteiger charge is 2.50. The molecule has 1 aromatic rings. The van der Waals surface area contributed by atoms with Crippen molar-refractivity contribution in [3.63, 3.8) is 0 Å². The summed E-state index contributed by atoms with van der Waals surface area (Å²) in [5, 5.41) is 10.8. The molecule has 18 heavy (non-hydrogen) atoms. The predicted molar refractivity (Wildman–Crippen MR) is 62.0 cm³/mol. The maximum absolute atomic E-state index is 12.0. The molecule has 6 nitrogen and oxygen atoms in total. The monoisotopic (exact) mass is 269 g/mol. The van der Waals surface area contributed by atoms with Crippen molar-refractivity contribution in [1.82, 2.24) is 0 Å². The van der Waals surface area contributed by atoms with E-state index < -0.39 is 20.4 Å². The van der Waals surface area contributed by atoms with Crippen molar-refractivity contribution in [3.05, 3.63) is 33.9 Å². The number of nitro groups is 1. The van der Waals surface area contributed by atoms with E-state index in [1.165, 1.54) is 18.2 Å². The number of nitro benzene ring substituents is 1. The first kappa shape index (κ1) is 11.6. The van der Waals surface area contributed by atoms with Crippen LogP contribution in [0.15, 0.2) is 23.1 Å². The van der Waals surface area contributed by atoms with E-state index in [0.717, 1.165) is 6.42 Å². The summed E-state index contributed by atoms with van der Waals surface area (Å²) in [5.74, 6) is -0.101. The molecule has 0 aliphatic carbocycles. The first-order valence-electron chi connectivity index (χ1n) is 5.60. The lowest BCUT2D eigenvalue weighted by atomic mass is 9.93. The van der Waals surface area contributed by atoms with Crippen molar-refractivity contribution in [2.75, 3.05) is 12.4 Å². The summed E-state index contributed by atoms with van der Waals surface area (Å²) in [4.78, 5) is 10.4. The smallest absolute Gasteiger partial charge is 0.269 e. The normalized spacial score (nSPS) is 28.4. The van der Waals surface area contributed by atoms with Gasteiger partial charge < -0.3 is 4.74 Å². The number of ether oxygens (including phenoxy) is 1. The van der Waals surface area contributed by atoms with Gasteiger partial charge in [0.1, 0.15) is 5.60 Å². The zero-order chi connectivity index (χ0) is 13.0. The van der Waals surface area contributed by atoms with Gasteiger partial charge in [0, 0.05) is 24.3 Å². The van der Waals surface area contributed by atoms with Gasteiger partial charge in [-0.05, 0) is 18.9 Å². The van der Waals surface area contributed by atoms with Crippen molar-refractivity contribution in [2.24, 2.45) is 0 Å². The molecule has 2 aliphatic heterocycles. The maximum atomic E-state index is 12.0. The second-order valence-electron chi connectivity index (χ2n) is 4.64. The van der Waals surface area contributed by atoms with Crippen LogP contribution in [0, 0.1) is 10.1 Å². The zero-order valence-electron chi connectivity index (χ0n) is 9.46. The molecule has 0 bridgehead atoms. The van der Waals surface area contributed by atoms with E-state index >= 15 is 0 Å². The Labute approximate surface area is 104 Å². The van der Waals surface area contributed by atoms with Crippen molar-refractivity contribution < 1.29 is 18.1 Å². The lowest BCUT2D eigenvalue weighted by Crippen LogP contribution is -2.26. The van der Waals surface area contributed by atoms with Crippen LogP contribution < -0.4 is 0 Å². The van der Waals surface area contributed by atoms with Crippen molar-refractivity contribution >= 4 is 15.5 Å². The molecule has 7 heteroatoms. The average Bonchev–Trinajstić information content (AvgIpc) is 2.84. The second kappa shape index (κ2) is 3.52. The number of non-ortho nitro benzene ring substituents is 1. The largest absolute Gasteiger partial charge is 0.369 e. The van der Waals surface area contributed by atoms with Crippen LogP contribution in [0.2, 0.25) is 0 Å². The zero-order valence-corrected chi connectivity index (χ0v) is 10.3. The van der Waals surface area contributed by atoms with Gasteiger partial charge in [0.2, 0.25) is 0 Å². The lowest BCUT2D eigenvalue weighted by molar-refractivity contribution is -0.385. The highest BCUT2D eigenvalue weighted by Crippen LogP contribution is 2.47. The van der Waals surface area contributed by atoms with Crippen LogP contribution in [-0.2, 0) is 20.2 Å². The lowest BCUT2D eigenvalue weighted by Gasteiger charge is -2.21. The Morgan fingerprint density at radius 1 is 1.39 bits per heavy atom. The number of hydrogen-bond acceptors (Lipinski definition) is 5. The molecule has 0 N–H and O–H groups in total. The van der Waals surface area contributed by atoms with Crippen LogP contribution in [0.3, 0.4) is 0 Å². The Morgan fingerprint density at radius 3 is 2.78 bits per heavy atom. The molecule has 3 rings (SSSR count). The van der Waals surface area contributed by atoms with E-state index in [1.807, 2.05) is 0 Å². The first-order valence-corrected chi connectivity index (χ1v) is 7.26. The third kappa shape index (κ3) is 1.47. The summed E-state index contributed by atoms with van der Waals surface area (Å²) in [6.07, 6.45) is 1.37. The van der Waals surface area contributed by atoms with E-state index in [-0.39, 0.29) is 16.3 Å². The standard InChI is InChI=1S/C11H11NO5S/c13-12(14)8-2-3-10-9(6-8)11(4-1-5-17-11)7-18(10,15)16/h2-3,6H,1,4-5,7H2. The molecular formula is C11H11NO5S. The van der Waals surface area contributed by atoms with Crippen LogP contribution in [0.4, 0.5) is 5.69 Å². The fourth-order valence-electron chi connectivity index (χ4n) is 2.74. The van der Waals surface area contributed by atoms with E-state index in [1.54, 1.807) is 0 Å². The minimum atomic E-state index is -3.39. The molecule has 2 heterocycles. The molecule has 2 aliphatic rings. The van der Waals surface area contributed by atoms with Crippen molar-refractivity contribution in [2.45, 2.75) is 23.3 Å². The maximum Gasteiger partial charge on any atom is 0.269 e. The number of rotatable bonds is 1.